The molecular formula is C12H22N2O3. The van der Waals surface area contributed by atoms with Crippen molar-refractivity contribution in [2.24, 2.45) is 5.73 Å². The Hall–Kier alpha value is -0.910. The molecule has 0 radical (unpaired) electrons. The topological polar surface area (TPSA) is 73.6 Å². The fourth-order valence-corrected chi connectivity index (χ4v) is 1.68. The van der Waals surface area contributed by atoms with Crippen molar-refractivity contribution in [3.8, 4) is 0 Å². The Morgan fingerprint density at radius 1 is 1.59 bits per heavy atom. The molecule has 0 aliphatic carbocycles. The van der Waals surface area contributed by atoms with Crippen LogP contribution in [0.3, 0.4) is 0 Å². The largest absolute Gasteiger partial charge is 0.375 e. The van der Waals surface area contributed by atoms with E-state index < -0.39 is 0 Å². The lowest BCUT2D eigenvalue weighted by Crippen LogP contribution is -2.37. The molecule has 0 saturated carbocycles. The zero-order chi connectivity index (χ0) is 12.7. The quantitative estimate of drug-likeness (QED) is 0.494. The SMILES string of the molecule is C=C(C)COCCNC(=O)C1CCC(CN)O1. The minimum Gasteiger partial charge on any atom is -0.375 e. The highest BCUT2D eigenvalue weighted by atomic mass is 16.5. The van der Waals surface area contributed by atoms with E-state index in [9.17, 15) is 4.79 Å². The van der Waals surface area contributed by atoms with Gasteiger partial charge in [-0.05, 0) is 19.8 Å². The lowest BCUT2D eigenvalue weighted by molar-refractivity contribution is -0.132. The summed E-state index contributed by atoms with van der Waals surface area (Å²) < 4.78 is 10.8. The molecule has 1 saturated heterocycles. The highest BCUT2D eigenvalue weighted by molar-refractivity contribution is 5.80. The summed E-state index contributed by atoms with van der Waals surface area (Å²) in [6.07, 6.45) is 1.30. The molecule has 2 unspecified atom stereocenters. The summed E-state index contributed by atoms with van der Waals surface area (Å²) in [5, 5.41) is 2.78. The molecule has 98 valence electrons. The monoisotopic (exact) mass is 242 g/mol. The van der Waals surface area contributed by atoms with Crippen LogP contribution in [0.4, 0.5) is 0 Å². The van der Waals surface area contributed by atoms with Crippen molar-refractivity contribution in [3.63, 3.8) is 0 Å². The number of amides is 1. The van der Waals surface area contributed by atoms with Gasteiger partial charge in [-0.3, -0.25) is 4.79 Å². The molecule has 5 nitrogen and oxygen atoms in total. The Kier molecular flexibility index (Phi) is 6.18. The fourth-order valence-electron chi connectivity index (χ4n) is 1.68. The van der Waals surface area contributed by atoms with Gasteiger partial charge in [0, 0.05) is 13.1 Å². The van der Waals surface area contributed by atoms with E-state index in [1.165, 1.54) is 0 Å². The molecule has 17 heavy (non-hydrogen) atoms. The van der Waals surface area contributed by atoms with Crippen molar-refractivity contribution in [2.75, 3.05) is 26.3 Å². The molecule has 0 aromatic carbocycles. The molecule has 3 N–H and O–H groups in total. The first-order valence-electron chi connectivity index (χ1n) is 5.99. The lowest BCUT2D eigenvalue weighted by Gasteiger charge is -2.12. The van der Waals surface area contributed by atoms with Crippen molar-refractivity contribution in [1.29, 1.82) is 0 Å². The van der Waals surface area contributed by atoms with Gasteiger partial charge in [0.25, 0.3) is 0 Å². The predicted molar refractivity (Wildman–Crippen MR) is 65.6 cm³/mol. The minimum atomic E-state index is -0.343. The van der Waals surface area contributed by atoms with Gasteiger partial charge in [0.15, 0.2) is 0 Å². The summed E-state index contributed by atoms with van der Waals surface area (Å²) in [6.45, 7) is 7.63. The second-order valence-electron chi connectivity index (χ2n) is 4.36. The van der Waals surface area contributed by atoms with Crippen LogP contribution < -0.4 is 11.1 Å². The Morgan fingerprint density at radius 2 is 2.35 bits per heavy atom. The van der Waals surface area contributed by atoms with Crippen LogP contribution in [0.15, 0.2) is 12.2 Å². The Morgan fingerprint density at radius 3 is 2.94 bits per heavy atom. The number of nitrogens with one attached hydrogen (secondary N) is 1. The number of ether oxygens (including phenoxy) is 2. The molecule has 1 rings (SSSR count). The van der Waals surface area contributed by atoms with Crippen LogP contribution in [0, 0.1) is 0 Å². The third kappa shape index (κ3) is 5.30. The first kappa shape index (κ1) is 14.2. The third-order valence-corrected chi connectivity index (χ3v) is 2.56. The molecule has 0 aromatic heterocycles. The summed E-state index contributed by atoms with van der Waals surface area (Å²) >= 11 is 0. The average molecular weight is 242 g/mol. The summed E-state index contributed by atoms with van der Waals surface area (Å²) in [7, 11) is 0. The maximum Gasteiger partial charge on any atom is 0.249 e. The molecular weight excluding hydrogens is 220 g/mol. The van der Waals surface area contributed by atoms with Crippen LogP contribution in [-0.2, 0) is 14.3 Å². The number of carbonyl (C=O) groups excluding carboxylic acids is 1. The predicted octanol–water partition coefficient (Wildman–Crippen LogP) is 0.202. The maximum atomic E-state index is 11.7. The number of rotatable bonds is 7. The van der Waals surface area contributed by atoms with E-state index in [4.69, 9.17) is 15.2 Å². The van der Waals surface area contributed by atoms with Crippen LogP contribution in [0.1, 0.15) is 19.8 Å². The van der Waals surface area contributed by atoms with E-state index in [1.54, 1.807) is 0 Å². The van der Waals surface area contributed by atoms with Gasteiger partial charge in [-0.15, -0.1) is 0 Å². The second kappa shape index (κ2) is 7.42. The zero-order valence-corrected chi connectivity index (χ0v) is 10.4. The van der Waals surface area contributed by atoms with E-state index in [1.807, 2.05) is 6.92 Å². The molecule has 0 aromatic rings. The highest BCUT2D eigenvalue weighted by Gasteiger charge is 2.29. The molecule has 2 atom stereocenters. The number of hydrogen-bond acceptors (Lipinski definition) is 4. The lowest BCUT2D eigenvalue weighted by atomic mass is 10.2. The van der Waals surface area contributed by atoms with Crippen LogP contribution in [-0.4, -0.2) is 44.4 Å². The maximum absolute atomic E-state index is 11.7. The van der Waals surface area contributed by atoms with Gasteiger partial charge in [0.1, 0.15) is 6.10 Å². The molecule has 1 aliphatic heterocycles. The molecule has 0 spiro atoms. The normalized spacial score (nSPS) is 23.6. The number of nitrogens with two attached hydrogens (primary N) is 1. The second-order valence-corrected chi connectivity index (χ2v) is 4.36. The summed E-state index contributed by atoms with van der Waals surface area (Å²) in [5.41, 5.74) is 6.45. The third-order valence-electron chi connectivity index (χ3n) is 2.56. The van der Waals surface area contributed by atoms with E-state index in [2.05, 4.69) is 11.9 Å². The molecule has 5 heteroatoms. The highest BCUT2D eigenvalue weighted by Crippen LogP contribution is 2.18. The van der Waals surface area contributed by atoms with E-state index >= 15 is 0 Å². The Bertz CT molecular complexity index is 268. The summed E-state index contributed by atoms with van der Waals surface area (Å²) in [5.74, 6) is -0.0696. The van der Waals surface area contributed by atoms with E-state index in [-0.39, 0.29) is 18.1 Å². The van der Waals surface area contributed by atoms with E-state index in [0.717, 1.165) is 18.4 Å². The molecule has 1 heterocycles. The molecule has 0 bridgehead atoms. The van der Waals surface area contributed by atoms with Gasteiger partial charge in [0.05, 0.1) is 19.3 Å². The van der Waals surface area contributed by atoms with Crippen molar-refractivity contribution >= 4 is 5.91 Å². The van der Waals surface area contributed by atoms with Gasteiger partial charge >= 0.3 is 0 Å². The van der Waals surface area contributed by atoms with Crippen molar-refractivity contribution in [3.05, 3.63) is 12.2 Å². The van der Waals surface area contributed by atoms with Crippen molar-refractivity contribution < 1.29 is 14.3 Å². The zero-order valence-electron chi connectivity index (χ0n) is 10.4. The van der Waals surface area contributed by atoms with Gasteiger partial charge in [-0.1, -0.05) is 12.2 Å². The van der Waals surface area contributed by atoms with Gasteiger partial charge in [-0.25, -0.2) is 0 Å². The van der Waals surface area contributed by atoms with Crippen LogP contribution in [0.5, 0.6) is 0 Å². The minimum absolute atomic E-state index is 0.0328. The van der Waals surface area contributed by atoms with Crippen LogP contribution in [0.2, 0.25) is 0 Å². The molecule has 1 fully saturated rings. The smallest absolute Gasteiger partial charge is 0.249 e. The van der Waals surface area contributed by atoms with Crippen LogP contribution in [0.25, 0.3) is 0 Å². The number of carbonyl (C=O) groups is 1. The Labute approximate surface area is 102 Å². The summed E-state index contributed by atoms with van der Waals surface area (Å²) in [4.78, 5) is 11.7. The number of hydrogen-bond donors (Lipinski definition) is 2. The molecule has 1 aliphatic rings. The first-order chi connectivity index (χ1) is 8.13. The Balaban J connectivity index is 2.07. The average Bonchev–Trinajstić information content (AvgIpc) is 2.76. The van der Waals surface area contributed by atoms with Gasteiger partial charge < -0.3 is 20.5 Å². The molecule has 1 amide bonds. The van der Waals surface area contributed by atoms with E-state index in [0.29, 0.717) is 26.3 Å². The fraction of sp³-hybridized carbons (Fsp3) is 0.750. The summed E-state index contributed by atoms with van der Waals surface area (Å²) in [6, 6.07) is 0. The standard InChI is InChI=1S/C12H22N2O3/c1-9(2)8-16-6-5-14-12(15)11-4-3-10(7-13)17-11/h10-11H,1,3-8,13H2,2H3,(H,14,15). The van der Waals surface area contributed by atoms with Gasteiger partial charge in [-0.2, -0.15) is 0 Å². The van der Waals surface area contributed by atoms with Gasteiger partial charge in [0.2, 0.25) is 5.91 Å². The van der Waals surface area contributed by atoms with Crippen molar-refractivity contribution in [2.45, 2.75) is 32.0 Å². The first-order valence-corrected chi connectivity index (χ1v) is 5.99. The van der Waals surface area contributed by atoms with Crippen molar-refractivity contribution in [1.82, 2.24) is 5.32 Å². The van der Waals surface area contributed by atoms with Crippen LogP contribution >= 0.6 is 0 Å².